The van der Waals surface area contributed by atoms with Crippen LogP contribution >= 0.6 is 0 Å². The van der Waals surface area contributed by atoms with Gasteiger partial charge in [-0.1, -0.05) is 18.6 Å². The number of nitrogens with zero attached hydrogens (tertiary/aromatic N) is 8. The number of hydrogen-bond acceptors (Lipinski definition) is 10. The molecule has 5 rings (SSSR count). The Kier molecular flexibility index (Phi) is 8.09. The summed E-state index contributed by atoms with van der Waals surface area (Å²) in [6.07, 6.45) is 8.29. The predicted octanol–water partition coefficient (Wildman–Crippen LogP) is 3.64. The lowest BCUT2D eigenvalue weighted by atomic mass is 9.85. The summed E-state index contributed by atoms with van der Waals surface area (Å²) in [5.41, 5.74) is 4.34. The molecule has 0 radical (unpaired) electrons. The standard InChI is InChI=1S/C27H36N8O3/c1-4-20-22(35-13-7-8-18(15-35)14-24(36)37-5-2)12-11-21(30-20)25-23(34(3)33-32-25)16-38-27-29-17-28-26(31-27)19-9-6-10-19/h11-12,17-19H,4-10,13-16H2,1-3H3. The zero-order valence-electron chi connectivity index (χ0n) is 22.5. The van der Waals surface area contributed by atoms with Crippen LogP contribution in [0.5, 0.6) is 6.01 Å². The van der Waals surface area contributed by atoms with Crippen LogP contribution in [0.3, 0.4) is 0 Å². The average Bonchev–Trinajstić information content (AvgIpc) is 3.26. The molecule has 3 aromatic heterocycles. The summed E-state index contributed by atoms with van der Waals surface area (Å²) in [4.78, 5) is 32.4. The Bertz CT molecular complexity index is 1260. The van der Waals surface area contributed by atoms with Crippen LogP contribution in [0.4, 0.5) is 5.69 Å². The number of carbonyl (C=O) groups is 1. The summed E-state index contributed by atoms with van der Waals surface area (Å²) < 4.78 is 12.8. The molecule has 2 aliphatic rings. The molecule has 0 amide bonds. The SMILES string of the molecule is CCOC(=O)CC1CCCN(c2ccc(-c3nnn(C)c3COc3ncnc(C4CCC4)n3)nc2CC)C1. The highest BCUT2D eigenvalue weighted by Crippen LogP contribution is 2.34. The van der Waals surface area contributed by atoms with Gasteiger partial charge >= 0.3 is 12.0 Å². The third kappa shape index (κ3) is 5.76. The molecular weight excluding hydrogens is 484 g/mol. The molecule has 0 N–H and O–H groups in total. The van der Waals surface area contributed by atoms with Crippen molar-refractivity contribution in [3.8, 4) is 17.4 Å². The van der Waals surface area contributed by atoms with E-state index in [-0.39, 0.29) is 18.5 Å². The lowest BCUT2D eigenvalue weighted by molar-refractivity contribution is -0.144. The maximum Gasteiger partial charge on any atom is 0.320 e. The third-order valence-electron chi connectivity index (χ3n) is 7.47. The van der Waals surface area contributed by atoms with Crippen molar-refractivity contribution in [3.05, 3.63) is 35.7 Å². The minimum atomic E-state index is -0.114. The van der Waals surface area contributed by atoms with Crippen LogP contribution < -0.4 is 9.64 Å². The van der Waals surface area contributed by atoms with Gasteiger partial charge in [0.05, 0.1) is 30.1 Å². The predicted molar refractivity (Wildman–Crippen MR) is 141 cm³/mol. The highest BCUT2D eigenvalue weighted by atomic mass is 16.5. The minimum absolute atomic E-state index is 0.114. The van der Waals surface area contributed by atoms with Crippen molar-refractivity contribution in [1.29, 1.82) is 0 Å². The molecular formula is C27H36N8O3. The van der Waals surface area contributed by atoms with Crippen molar-refractivity contribution >= 4 is 11.7 Å². The Labute approximate surface area is 223 Å². The zero-order valence-corrected chi connectivity index (χ0v) is 22.5. The second-order valence-electron chi connectivity index (χ2n) is 10.0. The number of ether oxygens (including phenoxy) is 2. The van der Waals surface area contributed by atoms with Gasteiger partial charge in [-0.05, 0) is 57.1 Å². The van der Waals surface area contributed by atoms with Gasteiger partial charge in [0.2, 0.25) is 0 Å². The summed E-state index contributed by atoms with van der Waals surface area (Å²) in [7, 11) is 1.84. The lowest BCUT2D eigenvalue weighted by Gasteiger charge is -2.35. The lowest BCUT2D eigenvalue weighted by Crippen LogP contribution is -2.37. The molecule has 1 saturated carbocycles. The fourth-order valence-electron chi connectivity index (χ4n) is 5.18. The van der Waals surface area contributed by atoms with Gasteiger partial charge in [-0.15, -0.1) is 5.10 Å². The van der Waals surface area contributed by atoms with Gasteiger partial charge in [-0.3, -0.25) is 4.79 Å². The molecule has 0 aromatic carbocycles. The van der Waals surface area contributed by atoms with E-state index in [2.05, 4.69) is 43.2 Å². The molecule has 11 heteroatoms. The first kappa shape index (κ1) is 26.0. The van der Waals surface area contributed by atoms with Crippen LogP contribution in [0.25, 0.3) is 11.4 Å². The van der Waals surface area contributed by atoms with E-state index in [9.17, 15) is 4.79 Å². The number of aromatic nitrogens is 7. The maximum absolute atomic E-state index is 12.0. The number of anilines is 1. The summed E-state index contributed by atoms with van der Waals surface area (Å²) in [6.45, 7) is 6.38. The summed E-state index contributed by atoms with van der Waals surface area (Å²) in [6, 6.07) is 4.42. The van der Waals surface area contributed by atoms with E-state index in [0.29, 0.717) is 30.7 Å². The number of aryl methyl sites for hydroxylation is 2. The number of carbonyl (C=O) groups excluding carboxylic acids is 1. The zero-order chi connectivity index (χ0) is 26.5. The molecule has 0 bridgehead atoms. The molecule has 38 heavy (non-hydrogen) atoms. The molecule has 1 aliphatic carbocycles. The van der Waals surface area contributed by atoms with Crippen molar-refractivity contribution in [1.82, 2.24) is 34.9 Å². The highest BCUT2D eigenvalue weighted by Gasteiger charge is 2.26. The van der Waals surface area contributed by atoms with Crippen LogP contribution in [0, 0.1) is 5.92 Å². The molecule has 2 fully saturated rings. The van der Waals surface area contributed by atoms with Gasteiger partial charge in [0.15, 0.2) is 0 Å². The van der Waals surface area contributed by atoms with E-state index >= 15 is 0 Å². The highest BCUT2D eigenvalue weighted by molar-refractivity contribution is 5.70. The molecule has 11 nitrogen and oxygen atoms in total. The third-order valence-corrected chi connectivity index (χ3v) is 7.47. The van der Waals surface area contributed by atoms with E-state index in [1.807, 2.05) is 20.0 Å². The molecule has 202 valence electrons. The molecule has 1 unspecified atom stereocenters. The van der Waals surface area contributed by atoms with Gasteiger partial charge in [0.1, 0.15) is 30.1 Å². The van der Waals surface area contributed by atoms with Gasteiger partial charge in [-0.2, -0.15) is 9.97 Å². The van der Waals surface area contributed by atoms with Crippen LogP contribution in [0.2, 0.25) is 0 Å². The number of esters is 1. The fourth-order valence-corrected chi connectivity index (χ4v) is 5.18. The number of piperidine rings is 1. The van der Waals surface area contributed by atoms with Gasteiger partial charge in [0, 0.05) is 26.1 Å². The molecule has 4 heterocycles. The van der Waals surface area contributed by atoms with E-state index in [1.165, 1.54) is 12.7 Å². The maximum atomic E-state index is 12.0. The van der Waals surface area contributed by atoms with Crippen molar-refractivity contribution in [3.63, 3.8) is 0 Å². The quantitative estimate of drug-likeness (QED) is 0.366. The van der Waals surface area contributed by atoms with E-state index in [4.69, 9.17) is 14.5 Å². The second kappa shape index (κ2) is 11.8. The largest absolute Gasteiger partial charge is 0.466 e. The first-order chi connectivity index (χ1) is 18.6. The van der Waals surface area contributed by atoms with E-state index in [1.54, 1.807) is 4.68 Å². The monoisotopic (exact) mass is 520 g/mol. The van der Waals surface area contributed by atoms with Crippen LogP contribution in [0.1, 0.15) is 75.5 Å². The Morgan fingerprint density at radius 2 is 1.97 bits per heavy atom. The van der Waals surface area contributed by atoms with Crippen molar-refractivity contribution < 1.29 is 14.3 Å². The van der Waals surface area contributed by atoms with Crippen molar-refractivity contribution in [2.75, 3.05) is 24.6 Å². The first-order valence-corrected chi connectivity index (χ1v) is 13.7. The summed E-state index contributed by atoms with van der Waals surface area (Å²) in [5, 5.41) is 8.63. The Balaban J connectivity index is 1.31. The Morgan fingerprint density at radius 3 is 2.74 bits per heavy atom. The molecule has 1 atom stereocenters. The molecule has 0 spiro atoms. The van der Waals surface area contributed by atoms with Gasteiger partial charge in [0.25, 0.3) is 0 Å². The number of rotatable bonds is 10. The fraction of sp³-hybridized carbons (Fsp3) is 0.593. The number of hydrogen-bond donors (Lipinski definition) is 0. The van der Waals surface area contributed by atoms with Crippen LogP contribution in [-0.4, -0.2) is 60.6 Å². The van der Waals surface area contributed by atoms with Gasteiger partial charge < -0.3 is 14.4 Å². The van der Waals surface area contributed by atoms with Crippen molar-refractivity contribution in [2.45, 2.75) is 71.3 Å². The van der Waals surface area contributed by atoms with Crippen LogP contribution in [0.15, 0.2) is 18.5 Å². The molecule has 3 aromatic rings. The van der Waals surface area contributed by atoms with E-state index < -0.39 is 0 Å². The number of pyridine rings is 1. The molecule has 1 saturated heterocycles. The van der Waals surface area contributed by atoms with Gasteiger partial charge in [-0.25, -0.2) is 14.6 Å². The smallest absolute Gasteiger partial charge is 0.320 e. The van der Waals surface area contributed by atoms with Crippen molar-refractivity contribution in [2.24, 2.45) is 13.0 Å². The van der Waals surface area contributed by atoms with Crippen LogP contribution in [-0.2, 0) is 29.6 Å². The topological polar surface area (TPSA) is 121 Å². The summed E-state index contributed by atoms with van der Waals surface area (Å²) in [5.74, 6) is 1.38. The summed E-state index contributed by atoms with van der Waals surface area (Å²) >= 11 is 0. The Morgan fingerprint density at radius 1 is 1.11 bits per heavy atom. The molecule has 1 aliphatic heterocycles. The Hall–Kier alpha value is -3.63. The average molecular weight is 521 g/mol. The second-order valence-corrected chi connectivity index (χ2v) is 10.0. The van der Waals surface area contributed by atoms with E-state index in [0.717, 1.165) is 73.8 Å². The minimum Gasteiger partial charge on any atom is -0.466 e. The normalized spacial score (nSPS) is 17.8. The first-order valence-electron chi connectivity index (χ1n) is 13.7.